The van der Waals surface area contributed by atoms with Crippen LogP contribution in [0.5, 0.6) is 0 Å². The van der Waals surface area contributed by atoms with E-state index in [4.69, 9.17) is 5.73 Å². The van der Waals surface area contributed by atoms with Gasteiger partial charge in [0.2, 0.25) is 11.8 Å². The number of hydrogen-bond acceptors (Lipinski definition) is 4. The molecular weight excluding hydrogens is 290 g/mol. The average Bonchev–Trinajstić information content (AvgIpc) is 2.42. The second kappa shape index (κ2) is 8.31. The number of thioether (sulfide) groups is 1. The summed E-state index contributed by atoms with van der Waals surface area (Å²) in [6.45, 7) is 3.59. The first kappa shape index (κ1) is 17.0. The van der Waals surface area contributed by atoms with Crippen molar-refractivity contribution in [3.05, 3.63) is 29.8 Å². The summed E-state index contributed by atoms with van der Waals surface area (Å²) in [5, 5.41) is 5.24. The van der Waals surface area contributed by atoms with Gasteiger partial charge in [0.1, 0.15) is 0 Å². The maximum absolute atomic E-state index is 12.1. The van der Waals surface area contributed by atoms with Gasteiger partial charge in [-0.15, -0.1) is 11.8 Å². The standard InChI is InChI=1S/C14H19N3O3S/c1-9(2)17-13(19)7-16-14(20)10-5-3-4-6-11(10)21-8-12(15)18/h3-6,9H,7-8H2,1-2H3,(H2,15,18)(H,16,20)(H,17,19). The van der Waals surface area contributed by atoms with E-state index in [0.29, 0.717) is 10.5 Å². The molecule has 1 aromatic rings. The molecule has 0 bridgehead atoms. The molecule has 6 nitrogen and oxygen atoms in total. The van der Waals surface area contributed by atoms with Crippen LogP contribution in [0.25, 0.3) is 0 Å². The Morgan fingerprint density at radius 3 is 2.52 bits per heavy atom. The van der Waals surface area contributed by atoms with Crippen molar-refractivity contribution < 1.29 is 14.4 Å². The van der Waals surface area contributed by atoms with Crippen LogP contribution < -0.4 is 16.4 Å². The third-order valence-electron chi connectivity index (χ3n) is 2.36. The van der Waals surface area contributed by atoms with Gasteiger partial charge in [0.25, 0.3) is 5.91 Å². The highest BCUT2D eigenvalue weighted by Crippen LogP contribution is 2.22. The lowest BCUT2D eigenvalue weighted by Gasteiger charge is -2.11. The van der Waals surface area contributed by atoms with E-state index in [0.717, 1.165) is 0 Å². The fraction of sp³-hybridized carbons (Fsp3) is 0.357. The number of hydrogen-bond donors (Lipinski definition) is 3. The molecular formula is C14H19N3O3S. The van der Waals surface area contributed by atoms with Crippen LogP contribution in [0, 0.1) is 0 Å². The van der Waals surface area contributed by atoms with Crippen molar-refractivity contribution in [1.29, 1.82) is 0 Å². The first-order chi connectivity index (χ1) is 9.90. The molecule has 1 rings (SSSR count). The summed E-state index contributed by atoms with van der Waals surface area (Å²) in [6, 6.07) is 6.88. The van der Waals surface area contributed by atoms with Crippen molar-refractivity contribution in [2.45, 2.75) is 24.8 Å². The topological polar surface area (TPSA) is 101 Å². The minimum Gasteiger partial charge on any atom is -0.369 e. The van der Waals surface area contributed by atoms with Gasteiger partial charge in [-0.2, -0.15) is 0 Å². The highest BCUT2D eigenvalue weighted by Gasteiger charge is 2.13. The molecule has 0 aliphatic rings. The molecule has 1 aromatic carbocycles. The van der Waals surface area contributed by atoms with Crippen LogP contribution in [0.1, 0.15) is 24.2 Å². The van der Waals surface area contributed by atoms with E-state index in [-0.39, 0.29) is 30.2 Å². The Kier molecular flexibility index (Phi) is 6.74. The number of benzene rings is 1. The molecule has 0 fully saturated rings. The summed E-state index contributed by atoms with van der Waals surface area (Å²) in [5.41, 5.74) is 5.52. The molecule has 0 saturated carbocycles. The molecule has 0 saturated heterocycles. The maximum Gasteiger partial charge on any atom is 0.252 e. The van der Waals surface area contributed by atoms with E-state index in [1.54, 1.807) is 24.3 Å². The number of rotatable bonds is 7. The Morgan fingerprint density at radius 2 is 1.90 bits per heavy atom. The SMILES string of the molecule is CC(C)NC(=O)CNC(=O)c1ccccc1SCC(N)=O. The van der Waals surface area contributed by atoms with E-state index in [2.05, 4.69) is 10.6 Å². The van der Waals surface area contributed by atoms with Crippen molar-refractivity contribution in [3.63, 3.8) is 0 Å². The zero-order valence-electron chi connectivity index (χ0n) is 12.0. The molecule has 114 valence electrons. The zero-order valence-corrected chi connectivity index (χ0v) is 12.8. The number of carbonyl (C=O) groups excluding carboxylic acids is 3. The highest BCUT2D eigenvalue weighted by molar-refractivity contribution is 8.00. The lowest BCUT2D eigenvalue weighted by molar-refractivity contribution is -0.120. The Morgan fingerprint density at radius 1 is 1.24 bits per heavy atom. The van der Waals surface area contributed by atoms with E-state index in [1.807, 2.05) is 13.8 Å². The quantitative estimate of drug-likeness (QED) is 0.639. The molecule has 0 atom stereocenters. The van der Waals surface area contributed by atoms with Gasteiger partial charge < -0.3 is 16.4 Å². The summed E-state index contributed by atoms with van der Waals surface area (Å²) in [5.74, 6) is -0.966. The van der Waals surface area contributed by atoms with Crippen LogP contribution in [0.15, 0.2) is 29.2 Å². The molecule has 0 spiro atoms. The molecule has 4 N–H and O–H groups in total. The zero-order chi connectivity index (χ0) is 15.8. The van der Waals surface area contributed by atoms with Gasteiger partial charge in [-0.25, -0.2) is 0 Å². The predicted octanol–water partition coefficient (Wildman–Crippen LogP) is 0.518. The van der Waals surface area contributed by atoms with Gasteiger partial charge in [0.05, 0.1) is 17.9 Å². The van der Waals surface area contributed by atoms with Crippen LogP contribution in [-0.2, 0) is 9.59 Å². The molecule has 0 aliphatic carbocycles. The van der Waals surface area contributed by atoms with Crippen molar-refractivity contribution >= 4 is 29.5 Å². The van der Waals surface area contributed by atoms with Crippen molar-refractivity contribution in [3.8, 4) is 0 Å². The van der Waals surface area contributed by atoms with Crippen LogP contribution in [0.3, 0.4) is 0 Å². The summed E-state index contributed by atoms with van der Waals surface area (Å²) in [4.78, 5) is 35.0. The fourth-order valence-electron chi connectivity index (χ4n) is 1.56. The van der Waals surface area contributed by atoms with Gasteiger partial charge >= 0.3 is 0 Å². The Bertz CT molecular complexity index is 532. The molecule has 0 unspecified atom stereocenters. The third-order valence-corrected chi connectivity index (χ3v) is 3.46. The largest absolute Gasteiger partial charge is 0.369 e. The van der Waals surface area contributed by atoms with E-state index < -0.39 is 5.91 Å². The van der Waals surface area contributed by atoms with Crippen molar-refractivity contribution in [2.75, 3.05) is 12.3 Å². The average molecular weight is 309 g/mol. The van der Waals surface area contributed by atoms with Crippen LogP contribution >= 0.6 is 11.8 Å². The lowest BCUT2D eigenvalue weighted by Crippen LogP contribution is -2.39. The second-order valence-electron chi connectivity index (χ2n) is 4.66. The number of carbonyl (C=O) groups is 3. The number of nitrogens with one attached hydrogen (secondary N) is 2. The van der Waals surface area contributed by atoms with E-state index >= 15 is 0 Å². The second-order valence-corrected chi connectivity index (χ2v) is 5.67. The minimum absolute atomic E-state index is 0.0211. The lowest BCUT2D eigenvalue weighted by atomic mass is 10.2. The van der Waals surface area contributed by atoms with Crippen LogP contribution in [0.4, 0.5) is 0 Å². The van der Waals surface area contributed by atoms with Crippen molar-refractivity contribution in [2.24, 2.45) is 5.73 Å². The molecule has 21 heavy (non-hydrogen) atoms. The van der Waals surface area contributed by atoms with Gasteiger partial charge in [0.15, 0.2) is 0 Å². The third kappa shape index (κ3) is 6.31. The fourth-order valence-corrected chi connectivity index (χ4v) is 2.35. The maximum atomic E-state index is 12.1. The summed E-state index contributed by atoms with van der Waals surface area (Å²) >= 11 is 1.19. The highest BCUT2D eigenvalue weighted by atomic mass is 32.2. The summed E-state index contributed by atoms with van der Waals surface area (Å²) < 4.78 is 0. The van der Waals surface area contributed by atoms with Crippen LogP contribution in [-0.4, -0.2) is 36.1 Å². The Labute approximate surface area is 127 Å². The summed E-state index contributed by atoms with van der Waals surface area (Å²) in [6.07, 6.45) is 0. The molecule has 0 heterocycles. The molecule has 7 heteroatoms. The van der Waals surface area contributed by atoms with Gasteiger partial charge in [0, 0.05) is 10.9 Å². The normalized spacial score (nSPS) is 10.2. The number of amides is 3. The minimum atomic E-state index is -0.452. The monoisotopic (exact) mass is 309 g/mol. The predicted molar refractivity (Wildman–Crippen MR) is 82.0 cm³/mol. The smallest absolute Gasteiger partial charge is 0.252 e. The first-order valence-corrected chi connectivity index (χ1v) is 7.46. The molecule has 0 aliphatic heterocycles. The van der Waals surface area contributed by atoms with Gasteiger partial charge in [-0.05, 0) is 26.0 Å². The van der Waals surface area contributed by atoms with Gasteiger partial charge in [-0.1, -0.05) is 12.1 Å². The van der Waals surface area contributed by atoms with Gasteiger partial charge in [-0.3, -0.25) is 14.4 Å². The van der Waals surface area contributed by atoms with E-state index in [9.17, 15) is 14.4 Å². The number of primary amides is 1. The first-order valence-electron chi connectivity index (χ1n) is 6.48. The van der Waals surface area contributed by atoms with Crippen molar-refractivity contribution in [1.82, 2.24) is 10.6 Å². The molecule has 0 aromatic heterocycles. The Hall–Kier alpha value is -2.02. The summed E-state index contributed by atoms with van der Waals surface area (Å²) in [7, 11) is 0. The van der Waals surface area contributed by atoms with E-state index in [1.165, 1.54) is 11.8 Å². The van der Waals surface area contributed by atoms with Crippen LogP contribution in [0.2, 0.25) is 0 Å². The Balaban J connectivity index is 2.65. The molecule has 0 radical (unpaired) electrons. The number of nitrogens with two attached hydrogens (primary N) is 1. The molecule has 3 amide bonds.